The summed E-state index contributed by atoms with van der Waals surface area (Å²) in [5.41, 5.74) is 4.54. The molecule has 98 valence electrons. The van der Waals surface area contributed by atoms with Gasteiger partial charge in [-0.25, -0.2) is 0 Å². The maximum atomic E-state index is 12.0. The molecule has 0 aromatic heterocycles. The van der Waals surface area contributed by atoms with E-state index < -0.39 is 5.41 Å². The third-order valence-corrected chi connectivity index (χ3v) is 3.37. The number of carbonyl (C=O) groups excluding carboxylic acids is 1. The summed E-state index contributed by atoms with van der Waals surface area (Å²) >= 11 is 0. The quantitative estimate of drug-likeness (QED) is 0.280. The van der Waals surface area contributed by atoms with Gasteiger partial charge < -0.3 is 21.2 Å². The van der Waals surface area contributed by atoms with Crippen LogP contribution in [0.15, 0.2) is 5.16 Å². The SMILES string of the molecule is CN1CCC(NC(=O)C(C)(C)C(N)=NO)CC1. The Hall–Kier alpha value is -1.30. The lowest BCUT2D eigenvalue weighted by Crippen LogP contribution is -2.51. The van der Waals surface area contributed by atoms with E-state index in [4.69, 9.17) is 10.9 Å². The van der Waals surface area contributed by atoms with Crippen molar-refractivity contribution in [3.05, 3.63) is 0 Å². The minimum absolute atomic E-state index is 0.0667. The fraction of sp³-hybridized carbons (Fsp3) is 0.818. The lowest BCUT2D eigenvalue weighted by molar-refractivity contribution is -0.127. The van der Waals surface area contributed by atoms with Crippen molar-refractivity contribution in [1.82, 2.24) is 10.2 Å². The maximum absolute atomic E-state index is 12.0. The van der Waals surface area contributed by atoms with Crippen molar-refractivity contribution < 1.29 is 10.0 Å². The first kappa shape index (κ1) is 13.8. The first-order chi connectivity index (χ1) is 7.87. The topological polar surface area (TPSA) is 91.0 Å². The van der Waals surface area contributed by atoms with Crippen molar-refractivity contribution in [3.63, 3.8) is 0 Å². The summed E-state index contributed by atoms with van der Waals surface area (Å²) in [6.07, 6.45) is 1.88. The van der Waals surface area contributed by atoms with Crippen LogP contribution in [0.5, 0.6) is 0 Å². The molecule has 0 radical (unpaired) electrons. The lowest BCUT2D eigenvalue weighted by Gasteiger charge is -2.32. The number of piperidine rings is 1. The Bertz CT molecular complexity index is 307. The number of amides is 1. The Morgan fingerprint density at radius 2 is 2.00 bits per heavy atom. The highest BCUT2D eigenvalue weighted by Crippen LogP contribution is 2.17. The van der Waals surface area contributed by atoms with Crippen molar-refractivity contribution in [2.24, 2.45) is 16.3 Å². The predicted molar refractivity (Wildman–Crippen MR) is 65.9 cm³/mol. The molecule has 1 heterocycles. The summed E-state index contributed by atoms with van der Waals surface area (Å²) in [5, 5.41) is 14.5. The summed E-state index contributed by atoms with van der Waals surface area (Å²) in [6.45, 7) is 5.25. The maximum Gasteiger partial charge on any atom is 0.233 e. The number of nitrogens with one attached hydrogen (secondary N) is 1. The summed E-state index contributed by atoms with van der Waals surface area (Å²) < 4.78 is 0. The van der Waals surface area contributed by atoms with Crippen LogP contribution in [0.2, 0.25) is 0 Å². The van der Waals surface area contributed by atoms with Crippen LogP contribution in [-0.2, 0) is 4.79 Å². The van der Waals surface area contributed by atoms with Gasteiger partial charge in [0.1, 0.15) is 5.41 Å². The van der Waals surface area contributed by atoms with E-state index in [1.54, 1.807) is 13.8 Å². The van der Waals surface area contributed by atoms with Crippen molar-refractivity contribution in [3.8, 4) is 0 Å². The van der Waals surface area contributed by atoms with Gasteiger partial charge in [-0.1, -0.05) is 5.16 Å². The fourth-order valence-electron chi connectivity index (χ4n) is 1.76. The van der Waals surface area contributed by atoms with Gasteiger partial charge in [-0.3, -0.25) is 4.79 Å². The molecule has 0 aromatic rings. The van der Waals surface area contributed by atoms with E-state index in [-0.39, 0.29) is 17.8 Å². The third kappa shape index (κ3) is 3.33. The standard InChI is InChI=1S/C11H22N4O2/c1-11(2,9(12)14-17)10(16)13-8-4-6-15(3)7-5-8/h8,17H,4-7H2,1-3H3,(H2,12,14)(H,13,16). The normalized spacial score (nSPS) is 20.3. The van der Waals surface area contributed by atoms with Gasteiger partial charge in [-0.05, 0) is 46.8 Å². The zero-order valence-electron chi connectivity index (χ0n) is 10.7. The van der Waals surface area contributed by atoms with Crippen LogP contribution in [0.3, 0.4) is 0 Å². The number of nitrogens with two attached hydrogens (primary N) is 1. The number of hydrogen-bond donors (Lipinski definition) is 3. The zero-order chi connectivity index (χ0) is 13.1. The molecule has 1 amide bonds. The van der Waals surface area contributed by atoms with Crippen molar-refractivity contribution in [2.45, 2.75) is 32.7 Å². The van der Waals surface area contributed by atoms with Gasteiger partial charge in [-0.15, -0.1) is 0 Å². The van der Waals surface area contributed by atoms with Crippen LogP contribution in [0.1, 0.15) is 26.7 Å². The second-order valence-electron chi connectivity index (χ2n) is 5.16. The molecule has 6 nitrogen and oxygen atoms in total. The minimum atomic E-state index is -0.974. The number of oxime groups is 1. The van der Waals surface area contributed by atoms with Crippen LogP contribution in [0.25, 0.3) is 0 Å². The molecule has 6 heteroatoms. The van der Waals surface area contributed by atoms with Gasteiger partial charge in [0.2, 0.25) is 5.91 Å². The highest BCUT2D eigenvalue weighted by Gasteiger charge is 2.34. The Morgan fingerprint density at radius 3 is 2.47 bits per heavy atom. The van der Waals surface area contributed by atoms with Gasteiger partial charge in [0, 0.05) is 6.04 Å². The van der Waals surface area contributed by atoms with Crippen molar-refractivity contribution in [1.29, 1.82) is 0 Å². The molecular weight excluding hydrogens is 220 g/mol. The molecule has 1 rings (SSSR count). The highest BCUT2D eigenvalue weighted by atomic mass is 16.4. The van der Waals surface area contributed by atoms with Gasteiger partial charge in [0.25, 0.3) is 0 Å². The van der Waals surface area contributed by atoms with E-state index in [0.717, 1.165) is 25.9 Å². The van der Waals surface area contributed by atoms with Crippen molar-refractivity contribution in [2.75, 3.05) is 20.1 Å². The average molecular weight is 242 g/mol. The third-order valence-electron chi connectivity index (χ3n) is 3.37. The van der Waals surface area contributed by atoms with Crippen LogP contribution in [0.4, 0.5) is 0 Å². The van der Waals surface area contributed by atoms with E-state index >= 15 is 0 Å². The molecule has 17 heavy (non-hydrogen) atoms. The summed E-state index contributed by atoms with van der Waals surface area (Å²) in [5.74, 6) is -0.259. The predicted octanol–water partition coefficient (Wildman–Crippen LogP) is -0.0306. The smallest absolute Gasteiger partial charge is 0.233 e. The van der Waals surface area contributed by atoms with Crippen LogP contribution in [0, 0.1) is 5.41 Å². The lowest BCUT2D eigenvalue weighted by atomic mass is 9.90. The van der Waals surface area contributed by atoms with E-state index in [2.05, 4.69) is 22.4 Å². The number of rotatable bonds is 3. The molecule has 1 aliphatic rings. The van der Waals surface area contributed by atoms with E-state index in [1.165, 1.54) is 0 Å². The van der Waals surface area contributed by atoms with E-state index in [9.17, 15) is 4.79 Å². The monoisotopic (exact) mass is 242 g/mol. The van der Waals surface area contributed by atoms with Gasteiger partial charge >= 0.3 is 0 Å². The Balaban J connectivity index is 2.54. The Kier molecular flexibility index (Phi) is 4.34. The molecule has 1 aliphatic heterocycles. The minimum Gasteiger partial charge on any atom is -0.409 e. The Morgan fingerprint density at radius 1 is 1.47 bits per heavy atom. The number of nitrogens with zero attached hydrogens (tertiary/aromatic N) is 2. The van der Waals surface area contributed by atoms with Gasteiger partial charge in [0.05, 0.1) is 0 Å². The largest absolute Gasteiger partial charge is 0.409 e. The Labute approximate surface area is 102 Å². The highest BCUT2D eigenvalue weighted by molar-refractivity contribution is 6.05. The van der Waals surface area contributed by atoms with Crippen LogP contribution >= 0.6 is 0 Å². The number of likely N-dealkylation sites (tertiary alicyclic amines) is 1. The summed E-state index contributed by atoms with van der Waals surface area (Å²) in [4.78, 5) is 14.3. The van der Waals surface area contributed by atoms with Gasteiger partial charge in [0.15, 0.2) is 5.84 Å². The molecule has 0 unspecified atom stereocenters. The first-order valence-corrected chi connectivity index (χ1v) is 5.85. The molecule has 0 spiro atoms. The summed E-state index contributed by atoms with van der Waals surface area (Å²) in [7, 11) is 2.07. The van der Waals surface area contributed by atoms with Crippen molar-refractivity contribution >= 4 is 11.7 Å². The molecule has 1 fully saturated rings. The number of amidine groups is 1. The van der Waals surface area contributed by atoms with Gasteiger partial charge in [-0.2, -0.15) is 0 Å². The summed E-state index contributed by atoms with van der Waals surface area (Å²) in [6, 6.07) is 0.185. The van der Waals surface area contributed by atoms with Crippen LogP contribution in [-0.4, -0.2) is 48.0 Å². The molecule has 0 aliphatic carbocycles. The molecule has 1 saturated heterocycles. The van der Waals surface area contributed by atoms with E-state index in [0.29, 0.717) is 0 Å². The number of hydrogen-bond acceptors (Lipinski definition) is 4. The van der Waals surface area contributed by atoms with Crippen LogP contribution < -0.4 is 11.1 Å². The fourth-order valence-corrected chi connectivity index (χ4v) is 1.76. The zero-order valence-corrected chi connectivity index (χ0v) is 10.7. The second kappa shape index (κ2) is 5.35. The molecule has 0 saturated carbocycles. The van der Waals surface area contributed by atoms with E-state index in [1.807, 2.05) is 0 Å². The molecule has 0 aromatic carbocycles. The number of carbonyl (C=O) groups is 1. The second-order valence-corrected chi connectivity index (χ2v) is 5.16. The molecule has 4 N–H and O–H groups in total. The molecular formula is C11H22N4O2. The molecule has 0 atom stereocenters. The molecule has 0 bridgehead atoms. The first-order valence-electron chi connectivity index (χ1n) is 5.85. The average Bonchev–Trinajstić information content (AvgIpc) is 2.30.